The second kappa shape index (κ2) is 3.16. The van der Waals surface area contributed by atoms with Gasteiger partial charge in [0.05, 0.1) is 12.3 Å². The van der Waals surface area contributed by atoms with Crippen LogP contribution in [0.25, 0.3) is 0 Å². The summed E-state index contributed by atoms with van der Waals surface area (Å²) >= 11 is 0. The maximum absolute atomic E-state index is 6.03. The molecule has 72 valence electrons. The summed E-state index contributed by atoms with van der Waals surface area (Å²) in [5.41, 5.74) is 7.23. The highest BCUT2D eigenvalue weighted by molar-refractivity contribution is 5.21. The van der Waals surface area contributed by atoms with Gasteiger partial charge in [-0.3, -0.25) is 4.90 Å². The number of rotatable bonds is 1. The summed E-state index contributed by atoms with van der Waals surface area (Å²) in [6, 6.07) is 2.48. The molecule has 1 aromatic heterocycles. The standard InChI is InChI=1S/C10H16N2O/c1-7-4-6-13-10(7)9-8(11)3-5-12(9)2/h4,6,8-9H,3,5,11H2,1-2H3. The molecular formula is C10H16N2O. The van der Waals surface area contributed by atoms with E-state index in [1.54, 1.807) is 6.26 Å². The van der Waals surface area contributed by atoms with Gasteiger partial charge in [0, 0.05) is 12.6 Å². The summed E-state index contributed by atoms with van der Waals surface area (Å²) in [5.74, 6) is 1.03. The number of nitrogens with two attached hydrogens (primary N) is 1. The molecular weight excluding hydrogens is 164 g/mol. The number of likely N-dealkylation sites (tertiary alicyclic amines) is 1. The third-order valence-electron chi connectivity index (χ3n) is 2.87. The van der Waals surface area contributed by atoms with Crippen LogP contribution < -0.4 is 5.73 Å². The van der Waals surface area contributed by atoms with Crippen LogP contribution >= 0.6 is 0 Å². The first-order chi connectivity index (χ1) is 6.20. The Bertz CT molecular complexity index is 285. The zero-order chi connectivity index (χ0) is 9.42. The van der Waals surface area contributed by atoms with Crippen LogP contribution in [0.3, 0.4) is 0 Å². The summed E-state index contributed by atoms with van der Waals surface area (Å²) in [6.07, 6.45) is 2.80. The van der Waals surface area contributed by atoms with Gasteiger partial charge in [-0.2, -0.15) is 0 Å². The molecule has 2 heterocycles. The quantitative estimate of drug-likeness (QED) is 0.708. The molecule has 13 heavy (non-hydrogen) atoms. The van der Waals surface area contributed by atoms with Gasteiger partial charge in [-0.15, -0.1) is 0 Å². The van der Waals surface area contributed by atoms with E-state index in [0.29, 0.717) is 0 Å². The number of hydrogen-bond acceptors (Lipinski definition) is 3. The molecule has 3 heteroatoms. The van der Waals surface area contributed by atoms with Crippen LogP contribution in [-0.2, 0) is 0 Å². The van der Waals surface area contributed by atoms with E-state index >= 15 is 0 Å². The summed E-state index contributed by atoms with van der Waals surface area (Å²) in [5, 5.41) is 0. The van der Waals surface area contributed by atoms with Gasteiger partial charge in [-0.1, -0.05) is 0 Å². The lowest BCUT2D eigenvalue weighted by Crippen LogP contribution is -2.29. The van der Waals surface area contributed by atoms with Crippen molar-refractivity contribution in [3.05, 3.63) is 23.7 Å². The molecule has 1 aromatic rings. The van der Waals surface area contributed by atoms with E-state index in [9.17, 15) is 0 Å². The zero-order valence-electron chi connectivity index (χ0n) is 8.16. The summed E-state index contributed by atoms with van der Waals surface area (Å²) in [4.78, 5) is 2.26. The van der Waals surface area contributed by atoms with Crippen molar-refractivity contribution in [2.45, 2.75) is 25.4 Å². The van der Waals surface area contributed by atoms with Crippen molar-refractivity contribution in [1.29, 1.82) is 0 Å². The Morgan fingerprint density at radius 2 is 2.38 bits per heavy atom. The normalized spacial score (nSPS) is 29.8. The first kappa shape index (κ1) is 8.78. The predicted molar refractivity (Wildman–Crippen MR) is 51.4 cm³/mol. The van der Waals surface area contributed by atoms with E-state index in [4.69, 9.17) is 10.2 Å². The molecule has 0 aromatic carbocycles. The maximum Gasteiger partial charge on any atom is 0.125 e. The van der Waals surface area contributed by atoms with Gasteiger partial charge in [0.1, 0.15) is 5.76 Å². The monoisotopic (exact) mass is 180 g/mol. The SMILES string of the molecule is Cc1ccoc1C1C(N)CCN1C. The van der Waals surface area contributed by atoms with Crippen LogP contribution in [-0.4, -0.2) is 24.5 Å². The van der Waals surface area contributed by atoms with E-state index < -0.39 is 0 Å². The van der Waals surface area contributed by atoms with Crippen molar-refractivity contribution in [1.82, 2.24) is 4.90 Å². The fourth-order valence-electron chi connectivity index (χ4n) is 2.06. The zero-order valence-corrected chi connectivity index (χ0v) is 8.16. The average Bonchev–Trinajstić information content (AvgIpc) is 2.60. The molecule has 2 rings (SSSR count). The molecule has 1 saturated heterocycles. The number of likely N-dealkylation sites (N-methyl/N-ethyl adjacent to an activating group) is 1. The minimum absolute atomic E-state index is 0.217. The Morgan fingerprint density at radius 1 is 1.62 bits per heavy atom. The molecule has 2 unspecified atom stereocenters. The van der Waals surface area contributed by atoms with E-state index in [-0.39, 0.29) is 12.1 Å². The number of aryl methyl sites for hydroxylation is 1. The molecule has 0 amide bonds. The van der Waals surface area contributed by atoms with Gasteiger partial charge in [-0.05, 0) is 32.0 Å². The Hall–Kier alpha value is -0.800. The van der Waals surface area contributed by atoms with Gasteiger partial charge in [0.15, 0.2) is 0 Å². The van der Waals surface area contributed by atoms with E-state index in [2.05, 4.69) is 18.9 Å². The number of hydrogen-bond donors (Lipinski definition) is 1. The van der Waals surface area contributed by atoms with Gasteiger partial charge in [0.25, 0.3) is 0 Å². The summed E-state index contributed by atoms with van der Waals surface area (Å²) < 4.78 is 5.47. The Morgan fingerprint density at radius 3 is 2.85 bits per heavy atom. The van der Waals surface area contributed by atoms with Crippen LogP contribution in [0.4, 0.5) is 0 Å². The average molecular weight is 180 g/mol. The Kier molecular flexibility index (Phi) is 2.14. The fraction of sp³-hybridized carbons (Fsp3) is 0.600. The molecule has 3 nitrogen and oxygen atoms in total. The summed E-state index contributed by atoms with van der Waals surface area (Å²) in [7, 11) is 2.10. The van der Waals surface area contributed by atoms with Crippen molar-refractivity contribution >= 4 is 0 Å². The lowest BCUT2D eigenvalue weighted by Gasteiger charge is -2.21. The molecule has 1 fully saturated rings. The van der Waals surface area contributed by atoms with E-state index in [1.165, 1.54) is 5.56 Å². The highest BCUT2D eigenvalue weighted by Crippen LogP contribution is 2.31. The lowest BCUT2D eigenvalue weighted by atomic mass is 10.1. The van der Waals surface area contributed by atoms with Crippen LogP contribution in [0.2, 0.25) is 0 Å². The molecule has 1 aliphatic heterocycles. The molecule has 0 bridgehead atoms. The minimum Gasteiger partial charge on any atom is -0.467 e. The highest BCUT2D eigenvalue weighted by Gasteiger charge is 2.33. The largest absolute Gasteiger partial charge is 0.467 e. The topological polar surface area (TPSA) is 42.4 Å². The van der Waals surface area contributed by atoms with Crippen LogP contribution in [0, 0.1) is 6.92 Å². The van der Waals surface area contributed by atoms with Crippen LogP contribution in [0.15, 0.2) is 16.7 Å². The van der Waals surface area contributed by atoms with Gasteiger partial charge in [0.2, 0.25) is 0 Å². The molecule has 1 aliphatic rings. The molecule has 2 N–H and O–H groups in total. The van der Waals surface area contributed by atoms with Crippen LogP contribution in [0.1, 0.15) is 23.8 Å². The first-order valence-corrected chi connectivity index (χ1v) is 4.70. The third-order valence-corrected chi connectivity index (χ3v) is 2.87. The molecule has 0 saturated carbocycles. The predicted octanol–water partition coefficient (Wildman–Crippen LogP) is 1.29. The van der Waals surface area contributed by atoms with Crippen molar-refractivity contribution in [2.75, 3.05) is 13.6 Å². The first-order valence-electron chi connectivity index (χ1n) is 4.70. The van der Waals surface area contributed by atoms with E-state index in [0.717, 1.165) is 18.7 Å². The van der Waals surface area contributed by atoms with Crippen molar-refractivity contribution in [2.24, 2.45) is 5.73 Å². The smallest absolute Gasteiger partial charge is 0.125 e. The van der Waals surface area contributed by atoms with Crippen LogP contribution in [0.5, 0.6) is 0 Å². The minimum atomic E-state index is 0.217. The van der Waals surface area contributed by atoms with Gasteiger partial charge < -0.3 is 10.2 Å². The third kappa shape index (κ3) is 1.38. The van der Waals surface area contributed by atoms with Crippen molar-refractivity contribution in [3.63, 3.8) is 0 Å². The summed E-state index contributed by atoms with van der Waals surface area (Å²) in [6.45, 7) is 3.13. The van der Waals surface area contributed by atoms with E-state index in [1.807, 2.05) is 6.07 Å². The molecule has 0 radical (unpaired) electrons. The van der Waals surface area contributed by atoms with Crippen molar-refractivity contribution < 1.29 is 4.42 Å². The fourth-order valence-corrected chi connectivity index (χ4v) is 2.06. The second-order valence-electron chi connectivity index (χ2n) is 3.85. The lowest BCUT2D eigenvalue weighted by molar-refractivity contribution is 0.262. The maximum atomic E-state index is 6.03. The van der Waals surface area contributed by atoms with Gasteiger partial charge >= 0.3 is 0 Å². The van der Waals surface area contributed by atoms with Crippen molar-refractivity contribution in [3.8, 4) is 0 Å². The molecule has 0 spiro atoms. The molecule has 2 atom stereocenters. The Balaban J connectivity index is 2.29. The number of nitrogens with zero attached hydrogens (tertiary/aromatic N) is 1. The second-order valence-corrected chi connectivity index (χ2v) is 3.85. The Labute approximate surface area is 78.5 Å². The number of furan rings is 1. The van der Waals surface area contributed by atoms with Gasteiger partial charge in [-0.25, -0.2) is 0 Å². The highest BCUT2D eigenvalue weighted by atomic mass is 16.3. The molecule has 0 aliphatic carbocycles.